The molecule has 0 saturated carbocycles. The number of nitrogens with zero attached hydrogens (tertiary/aromatic N) is 1. The van der Waals surface area contributed by atoms with Crippen LogP contribution in [0.3, 0.4) is 0 Å². The number of hydrogen-bond donors (Lipinski definition) is 1. The Bertz CT molecular complexity index is 583. The number of methoxy groups -OCH3 is 1. The van der Waals surface area contributed by atoms with Crippen molar-refractivity contribution < 1.29 is 14.1 Å². The van der Waals surface area contributed by atoms with Gasteiger partial charge in [0.1, 0.15) is 17.1 Å². The fourth-order valence-corrected chi connectivity index (χ4v) is 2.05. The van der Waals surface area contributed by atoms with E-state index in [9.17, 15) is 4.79 Å². The molecule has 0 spiro atoms. The molecule has 1 heterocycles. The molecule has 1 atom stereocenters. The van der Waals surface area contributed by atoms with E-state index in [1.54, 1.807) is 21.0 Å². The van der Waals surface area contributed by atoms with Gasteiger partial charge in [0, 0.05) is 0 Å². The van der Waals surface area contributed by atoms with Crippen LogP contribution in [-0.4, -0.2) is 18.2 Å². The van der Waals surface area contributed by atoms with Gasteiger partial charge in [-0.2, -0.15) is 0 Å². The Morgan fingerprint density at radius 1 is 1.30 bits per heavy atom. The molecular weight excluding hydrogens is 256 g/mol. The smallest absolute Gasteiger partial charge is 0.257 e. The summed E-state index contributed by atoms with van der Waals surface area (Å²) in [5, 5.41) is 6.73. The van der Waals surface area contributed by atoms with E-state index in [2.05, 4.69) is 10.5 Å². The summed E-state index contributed by atoms with van der Waals surface area (Å²) in [7, 11) is 1.62. The van der Waals surface area contributed by atoms with Crippen molar-refractivity contribution in [1.29, 1.82) is 0 Å². The normalized spacial score (nSPS) is 12.0. The maximum Gasteiger partial charge on any atom is 0.257 e. The highest BCUT2D eigenvalue weighted by molar-refractivity contribution is 5.96. The van der Waals surface area contributed by atoms with Gasteiger partial charge in [0.2, 0.25) is 0 Å². The fraction of sp³-hybridized carbons (Fsp3) is 0.333. The Hall–Kier alpha value is -2.30. The number of carbonyl (C=O) groups is 1. The second kappa shape index (κ2) is 5.77. The molecule has 0 aliphatic carbocycles. The third-order valence-electron chi connectivity index (χ3n) is 3.22. The lowest BCUT2D eigenvalue weighted by Gasteiger charge is -2.14. The summed E-state index contributed by atoms with van der Waals surface area (Å²) >= 11 is 0. The molecule has 2 rings (SSSR count). The topological polar surface area (TPSA) is 64.4 Å². The summed E-state index contributed by atoms with van der Waals surface area (Å²) in [6.07, 6.45) is 0. The van der Waals surface area contributed by atoms with Crippen LogP contribution < -0.4 is 10.1 Å². The average Bonchev–Trinajstić information content (AvgIpc) is 2.78. The van der Waals surface area contributed by atoms with Crippen molar-refractivity contribution in [2.75, 3.05) is 7.11 Å². The van der Waals surface area contributed by atoms with Gasteiger partial charge < -0.3 is 14.6 Å². The molecular formula is C15H18N2O3. The van der Waals surface area contributed by atoms with Crippen LogP contribution in [0.5, 0.6) is 5.75 Å². The summed E-state index contributed by atoms with van der Waals surface area (Å²) < 4.78 is 10.1. The van der Waals surface area contributed by atoms with E-state index >= 15 is 0 Å². The highest BCUT2D eigenvalue weighted by Crippen LogP contribution is 2.19. The first kappa shape index (κ1) is 14.1. The van der Waals surface area contributed by atoms with Gasteiger partial charge in [-0.15, -0.1) is 0 Å². The molecule has 0 unspecified atom stereocenters. The quantitative estimate of drug-likeness (QED) is 0.931. The van der Waals surface area contributed by atoms with Gasteiger partial charge >= 0.3 is 0 Å². The van der Waals surface area contributed by atoms with Crippen LogP contribution in [0.25, 0.3) is 0 Å². The molecule has 0 saturated heterocycles. The SMILES string of the molecule is COc1ccc([C@@H](C)NC(=O)c2c(C)noc2C)cc1. The summed E-state index contributed by atoms with van der Waals surface area (Å²) in [5.74, 6) is 1.14. The second-order valence-electron chi connectivity index (χ2n) is 4.67. The summed E-state index contributed by atoms with van der Waals surface area (Å²) in [4.78, 5) is 12.2. The van der Waals surface area contributed by atoms with Gasteiger partial charge in [-0.25, -0.2) is 0 Å². The maximum atomic E-state index is 12.2. The number of nitrogens with one attached hydrogen (secondary N) is 1. The van der Waals surface area contributed by atoms with Crippen molar-refractivity contribution in [3.05, 3.63) is 46.8 Å². The van der Waals surface area contributed by atoms with E-state index in [4.69, 9.17) is 9.26 Å². The van der Waals surface area contributed by atoms with Crippen LogP contribution >= 0.6 is 0 Å². The van der Waals surface area contributed by atoms with Crippen LogP contribution in [0.2, 0.25) is 0 Å². The van der Waals surface area contributed by atoms with Crippen LogP contribution in [0, 0.1) is 13.8 Å². The Morgan fingerprint density at radius 2 is 1.95 bits per heavy atom. The number of aryl methyl sites for hydroxylation is 2. The van der Waals surface area contributed by atoms with Crippen molar-refractivity contribution in [3.63, 3.8) is 0 Å². The van der Waals surface area contributed by atoms with E-state index in [1.807, 2.05) is 31.2 Å². The molecule has 0 bridgehead atoms. The zero-order chi connectivity index (χ0) is 14.7. The van der Waals surface area contributed by atoms with E-state index in [-0.39, 0.29) is 11.9 Å². The standard InChI is InChI=1S/C15H18N2O3/c1-9(12-5-7-13(19-4)8-6-12)16-15(18)14-10(2)17-20-11(14)3/h5-9H,1-4H3,(H,16,18)/t9-/m1/s1. The molecule has 0 aliphatic heterocycles. The summed E-state index contributed by atoms with van der Waals surface area (Å²) in [6.45, 7) is 5.41. The molecule has 1 aromatic carbocycles. The number of benzene rings is 1. The Labute approximate surface area is 117 Å². The average molecular weight is 274 g/mol. The Morgan fingerprint density at radius 3 is 2.45 bits per heavy atom. The van der Waals surface area contributed by atoms with E-state index in [0.29, 0.717) is 17.0 Å². The van der Waals surface area contributed by atoms with E-state index in [1.165, 1.54) is 0 Å². The van der Waals surface area contributed by atoms with Gasteiger partial charge in [-0.1, -0.05) is 17.3 Å². The number of aromatic nitrogens is 1. The Kier molecular flexibility index (Phi) is 4.08. The molecule has 1 aromatic heterocycles. The van der Waals surface area contributed by atoms with Crippen LogP contribution in [0.4, 0.5) is 0 Å². The lowest BCUT2D eigenvalue weighted by molar-refractivity contribution is 0.0938. The molecule has 106 valence electrons. The van der Waals surface area contributed by atoms with Crippen molar-refractivity contribution in [2.45, 2.75) is 26.8 Å². The summed E-state index contributed by atoms with van der Waals surface area (Å²) in [6, 6.07) is 7.48. The van der Waals surface area contributed by atoms with Crippen molar-refractivity contribution in [3.8, 4) is 5.75 Å². The molecule has 2 aromatic rings. The monoisotopic (exact) mass is 274 g/mol. The van der Waals surface area contributed by atoms with Gasteiger partial charge in [0.05, 0.1) is 18.8 Å². The fourth-order valence-electron chi connectivity index (χ4n) is 2.05. The largest absolute Gasteiger partial charge is 0.497 e. The minimum Gasteiger partial charge on any atom is -0.497 e. The van der Waals surface area contributed by atoms with Crippen molar-refractivity contribution >= 4 is 5.91 Å². The first-order valence-electron chi connectivity index (χ1n) is 6.40. The molecule has 20 heavy (non-hydrogen) atoms. The first-order chi connectivity index (χ1) is 9.52. The van der Waals surface area contributed by atoms with Gasteiger partial charge in [-0.3, -0.25) is 4.79 Å². The molecule has 1 amide bonds. The summed E-state index contributed by atoms with van der Waals surface area (Å²) in [5.41, 5.74) is 2.11. The predicted octanol–water partition coefficient (Wildman–Crippen LogP) is 2.79. The number of hydrogen-bond acceptors (Lipinski definition) is 4. The highest BCUT2D eigenvalue weighted by Gasteiger charge is 2.19. The minimum atomic E-state index is -0.176. The Balaban J connectivity index is 2.11. The molecule has 5 heteroatoms. The molecule has 5 nitrogen and oxygen atoms in total. The zero-order valence-electron chi connectivity index (χ0n) is 12.1. The number of carbonyl (C=O) groups excluding carboxylic acids is 1. The second-order valence-corrected chi connectivity index (χ2v) is 4.67. The van der Waals surface area contributed by atoms with Crippen LogP contribution in [-0.2, 0) is 0 Å². The molecule has 0 fully saturated rings. The van der Waals surface area contributed by atoms with Crippen molar-refractivity contribution in [2.24, 2.45) is 0 Å². The third kappa shape index (κ3) is 2.82. The lowest BCUT2D eigenvalue weighted by Crippen LogP contribution is -2.27. The predicted molar refractivity (Wildman–Crippen MR) is 74.9 cm³/mol. The first-order valence-corrected chi connectivity index (χ1v) is 6.40. The van der Waals surface area contributed by atoms with Crippen LogP contribution in [0.1, 0.15) is 40.3 Å². The van der Waals surface area contributed by atoms with E-state index in [0.717, 1.165) is 11.3 Å². The highest BCUT2D eigenvalue weighted by atomic mass is 16.5. The lowest BCUT2D eigenvalue weighted by atomic mass is 10.1. The van der Waals surface area contributed by atoms with Crippen LogP contribution in [0.15, 0.2) is 28.8 Å². The molecule has 0 radical (unpaired) electrons. The van der Waals surface area contributed by atoms with E-state index < -0.39 is 0 Å². The maximum absolute atomic E-state index is 12.2. The zero-order valence-corrected chi connectivity index (χ0v) is 12.1. The third-order valence-corrected chi connectivity index (χ3v) is 3.22. The van der Waals surface area contributed by atoms with Crippen molar-refractivity contribution in [1.82, 2.24) is 10.5 Å². The van der Waals surface area contributed by atoms with Gasteiger partial charge in [0.25, 0.3) is 5.91 Å². The minimum absolute atomic E-state index is 0.109. The van der Waals surface area contributed by atoms with Gasteiger partial charge in [0.15, 0.2) is 0 Å². The molecule has 1 N–H and O–H groups in total. The number of ether oxygens (including phenoxy) is 1. The van der Waals surface area contributed by atoms with Gasteiger partial charge in [-0.05, 0) is 38.5 Å². The number of amides is 1. The number of rotatable bonds is 4. The molecule has 0 aliphatic rings.